The molecule has 0 N–H and O–H groups in total. The van der Waals surface area contributed by atoms with E-state index in [1.807, 2.05) is 45.1 Å². The molecule has 1 aromatic rings. The van der Waals surface area contributed by atoms with Crippen LogP contribution in [0.5, 0.6) is 0 Å². The first-order valence-electron chi connectivity index (χ1n) is 9.00. The monoisotopic (exact) mass is 333 g/mol. The van der Waals surface area contributed by atoms with Gasteiger partial charge in [-0.3, -0.25) is 9.59 Å². The van der Waals surface area contributed by atoms with E-state index in [0.717, 1.165) is 31.6 Å². The number of pyridine rings is 1. The third-order valence-corrected chi connectivity index (χ3v) is 4.60. The molecule has 1 atom stereocenters. The lowest BCUT2D eigenvalue weighted by molar-refractivity contribution is 0.0744. The Morgan fingerprint density at radius 1 is 1.38 bits per heavy atom. The van der Waals surface area contributed by atoms with Gasteiger partial charge in [-0.1, -0.05) is 6.92 Å². The highest BCUT2D eigenvalue weighted by Crippen LogP contribution is 2.30. The molecule has 1 aromatic heterocycles. The Morgan fingerprint density at radius 3 is 2.58 bits per heavy atom. The Hall–Kier alpha value is -1.62. The molecule has 0 spiro atoms. The Balaban J connectivity index is 2.33. The fourth-order valence-electron chi connectivity index (χ4n) is 3.18. The summed E-state index contributed by atoms with van der Waals surface area (Å²) in [4.78, 5) is 29.9. The average molecular weight is 333 g/mol. The van der Waals surface area contributed by atoms with Crippen LogP contribution in [0.25, 0.3) is 0 Å². The minimum Gasteiger partial charge on any atom is -0.338 e. The van der Waals surface area contributed by atoms with Crippen LogP contribution in [0, 0.1) is 12.8 Å². The maximum Gasteiger partial charge on any atom is 0.263 e. The second kappa shape index (κ2) is 7.97. The minimum absolute atomic E-state index is 0.0303. The number of amides is 1. The van der Waals surface area contributed by atoms with Crippen LogP contribution in [0.15, 0.2) is 17.1 Å². The maximum absolute atomic E-state index is 13.0. The molecule has 1 aliphatic carbocycles. The van der Waals surface area contributed by atoms with E-state index in [2.05, 4.69) is 11.8 Å². The van der Waals surface area contributed by atoms with Crippen molar-refractivity contribution in [1.29, 1.82) is 0 Å². The van der Waals surface area contributed by atoms with Crippen LogP contribution < -0.4 is 5.56 Å². The molecule has 1 heterocycles. The van der Waals surface area contributed by atoms with Crippen molar-refractivity contribution in [2.24, 2.45) is 5.92 Å². The number of nitrogens with zero attached hydrogens (tertiary/aromatic N) is 3. The fourth-order valence-corrected chi connectivity index (χ4v) is 3.18. The van der Waals surface area contributed by atoms with Gasteiger partial charge in [-0.05, 0) is 64.8 Å². The first kappa shape index (κ1) is 18.7. The number of likely N-dealkylation sites (N-methyl/N-ethyl adjacent to an activating group) is 1. The molecule has 0 aliphatic heterocycles. The van der Waals surface area contributed by atoms with E-state index < -0.39 is 0 Å². The van der Waals surface area contributed by atoms with E-state index in [1.165, 1.54) is 12.8 Å². The van der Waals surface area contributed by atoms with Gasteiger partial charge in [0.05, 0.1) is 0 Å². The first-order chi connectivity index (χ1) is 11.3. The minimum atomic E-state index is -0.161. The second-order valence-corrected chi connectivity index (χ2v) is 7.39. The van der Waals surface area contributed by atoms with E-state index >= 15 is 0 Å². The van der Waals surface area contributed by atoms with Crippen molar-refractivity contribution in [2.75, 3.05) is 33.7 Å². The van der Waals surface area contributed by atoms with E-state index in [1.54, 1.807) is 4.57 Å². The first-order valence-corrected chi connectivity index (χ1v) is 9.00. The van der Waals surface area contributed by atoms with Crippen LogP contribution in [0.1, 0.15) is 55.1 Å². The standard InChI is InChI=1S/C19H31N3O2/c1-6-10-21(13-16-7-8-16)18(23)17-14(2)9-11-22(19(17)24)15(3)12-20(4)5/h9,11,15-16H,6-8,10,12-13H2,1-5H3. The SMILES string of the molecule is CCCN(CC1CC1)C(=O)c1c(C)ccn(C(C)CN(C)C)c1=O. The average Bonchev–Trinajstić information content (AvgIpc) is 3.30. The Morgan fingerprint density at radius 2 is 2.04 bits per heavy atom. The number of carbonyl (C=O) groups excluding carboxylic acids is 1. The molecule has 134 valence electrons. The van der Waals surface area contributed by atoms with Crippen molar-refractivity contribution in [3.05, 3.63) is 33.7 Å². The summed E-state index contributed by atoms with van der Waals surface area (Å²) in [5.41, 5.74) is 0.957. The zero-order valence-electron chi connectivity index (χ0n) is 15.7. The van der Waals surface area contributed by atoms with Gasteiger partial charge in [0.1, 0.15) is 5.56 Å². The molecule has 5 nitrogen and oxygen atoms in total. The quantitative estimate of drug-likeness (QED) is 0.734. The molecule has 1 aliphatic rings. The van der Waals surface area contributed by atoms with Crippen LogP contribution in [-0.2, 0) is 0 Å². The predicted octanol–water partition coefficient (Wildman–Crippen LogP) is 2.54. The van der Waals surface area contributed by atoms with Crippen LogP contribution in [0.4, 0.5) is 0 Å². The van der Waals surface area contributed by atoms with E-state index in [0.29, 0.717) is 11.5 Å². The zero-order chi connectivity index (χ0) is 17.9. The van der Waals surface area contributed by atoms with Crippen molar-refractivity contribution in [1.82, 2.24) is 14.4 Å². The van der Waals surface area contributed by atoms with Gasteiger partial charge in [-0.25, -0.2) is 0 Å². The van der Waals surface area contributed by atoms with Crippen LogP contribution in [0.2, 0.25) is 0 Å². The molecular formula is C19H31N3O2. The molecule has 0 saturated heterocycles. The van der Waals surface area contributed by atoms with Crippen molar-refractivity contribution in [3.8, 4) is 0 Å². The van der Waals surface area contributed by atoms with Crippen molar-refractivity contribution in [2.45, 2.75) is 46.1 Å². The number of carbonyl (C=O) groups is 1. The summed E-state index contributed by atoms with van der Waals surface area (Å²) in [6, 6.07) is 1.92. The molecule has 2 rings (SSSR count). The smallest absolute Gasteiger partial charge is 0.263 e. The van der Waals surface area contributed by atoms with Gasteiger partial charge >= 0.3 is 0 Å². The van der Waals surface area contributed by atoms with Gasteiger partial charge in [-0.2, -0.15) is 0 Å². The summed E-state index contributed by atoms with van der Waals surface area (Å²) in [6.07, 6.45) is 5.12. The van der Waals surface area contributed by atoms with E-state index in [-0.39, 0.29) is 17.5 Å². The van der Waals surface area contributed by atoms with Crippen LogP contribution in [0.3, 0.4) is 0 Å². The predicted molar refractivity (Wildman–Crippen MR) is 97.6 cm³/mol. The Labute approximate surface area is 145 Å². The summed E-state index contributed by atoms with van der Waals surface area (Å²) in [7, 11) is 3.97. The van der Waals surface area contributed by atoms with Crippen LogP contribution >= 0.6 is 0 Å². The van der Waals surface area contributed by atoms with Gasteiger partial charge < -0.3 is 14.4 Å². The molecule has 1 unspecified atom stereocenters. The van der Waals surface area contributed by atoms with E-state index in [4.69, 9.17) is 0 Å². The maximum atomic E-state index is 13.0. The number of hydrogen-bond donors (Lipinski definition) is 0. The highest BCUT2D eigenvalue weighted by atomic mass is 16.2. The number of hydrogen-bond acceptors (Lipinski definition) is 3. The zero-order valence-corrected chi connectivity index (χ0v) is 15.7. The summed E-state index contributed by atoms with van der Waals surface area (Å²) in [6.45, 7) is 8.21. The molecule has 0 aromatic carbocycles. The summed E-state index contributed by atoms with van der Waals surface area (Å²) in [5, 5.41) is 0. The lowest BCUT2D eigenvalue weighted by Crippen LogP contribution is -2.40. The van der Waals surface area contributed by atoms with Gasteiger partial charge in [-0.15, -0.1) is 0 Å². The largest absolute Gasteiger partial charge is 0.338 e. The molecule has 0 bridgehead atoms. The van der Waals surface area contributed by atoms with Crippen molar-refractivity contribution >= 4 is 5.91 Å². The Kier molecular flexibility index (Phi) is 6.21. The molecule has 24 heavy (non-hydrogen) atoms. The molecular weight excluding hydrogens is 302 g/mol. The second-order valence-electron chi connectivity index (χ2n) is 7.39. The lowest BCUT2D eigenvalue weighted by Gasteiger charge is -2.24. The molecule has 1 amide bonds. The number of aromatic nitrogens is 1. The van der Waals surface area contributed by atoms with Gasteiger partial charge in [0, 0.05) is 31.9 Å². The number of aryl methyl sites for hydroxylation is 1. The third kappa shape index (κ3) is 4.47. The highest BCUT2D eigenvalue weighted by molar-refractivity contribution is 5.95. The highest BCUT2D eigenvalue weighted by Gasteiger charge is 2.29. The lowest BCUT2D eigenvalue weighted by atomic mass is 10.1. The topological polar surface area (TPSA) is 45.6 Å². The number of rotatable bonds is 8. The van der Waals surface area contributed by atoms with Crippen molar-refractivity contribution < 1.29 is 4.79 Å². The summed E-state index contributed by atoms with van der Waals surface area (Å²) >= 11 is 0. The molecule has 1 fully saturated rings. The van der Waals surface area contributed by atoms with Gasteiger partial charge in [0.25, 0.3) is 11.5 Å². The van der Waals surface area contributed by atoms with Crippen LogP contribution in [-0.4, -0.2) is 54.0 Å². The molecule has 0 radical (unpaired) electrons. The van der Waals surface area contributed by atoms with Gasteiger partial charge in [0.2, 0.25) is 0 Å². The third-order valence-electron chi connectivity index (χ3n) is 4.60. The molecule has 1 saturated carbocycles. The van der Waals surface area contributed by atoms with E-state index in [9.17, 15) is 9.59 Å². The van der Waals surface area contributed by atoms with Gasteiger partial charge in [0.15, 0.2) is 0 Å². The Bertz CT molecular complexity index is 632. The van der Waals surface area contributed by atoms with Crippen molar-refractivity contribution in [3.63, 3.8) is 0 Å². The normalized spacial score (nSPS) is 15.6. The summed E-state index contributed by atoms with van der Waals surface area (Å²) < 4.78 is 1.70. The summed E-state index contributed by atoms with van der Waals surface area (Å²) in [5.74, 6) is 0.525. The molecule has 5 heteroatoms. The fraction of sp³-hybridized carbons (Fsp3) is 0.684.